The zero-order valence-electron chi connectivity index (χ0n) is 16.3. The molecule has 0 saturated heterocycles. The number of fused-ring (bicyclic) bond motifs is 1. The molecular formula is C24H21N3O2. The third-order valence-corrected chi connectivity index (χ3v) is 4.88. The summed E-state index contributed by atoms with van der Waals surface area (Å²) < 4.78 is 5.23. The minimum absolute atomic E-state index is 0.111. The Morgan fingerprint density at radius 1 is 0.966 bits per heavy atom. The number of hydrogen-bond acceptors (Lipinski definition) is 4. The fourth-order valence-electron chi connectivity index (χ4n) is 3.25. The highest BCUT2D eigenvalue weighted by Crippen LogP contribution is 2.28. The van der Waals surface area contributed by atoms with Crippen molar-refractivity contribution in [3.63, 3.8) is 0 Å². The lowest BCUT2D eigenvalue weighted by Gasteiger charge is -2.14. The summed E-state index contributed by atoms with van der Waals surface area (Å²) in [6, 6.07) is 21.1. The summed E-state index contributed by atoms with van der Waals surface area (Å²) in [5.41, 5.74) is 4.00. The Morgan fingerprint density at radius 3 is 2.45 bits per heavy atom. The number of carbonyl (C=O) groups excluding carboxylic acids is 1. The van der Waals surface area contributed by atoms with Crippen molar-refractivity contribution < 1.29 is 9.53 Å². The molecule has 2 aromatic heterocycles. The standard InChI is InChI=1S/C24H21N3O2/c1-16(17-6-4-3-5-7-17)26-24(28)22-13-10-19-14-25-15-21(23(19)27-22)18-8-11-20(29-2)12-9-18/h3-16H,1-2H3,(H,26,28)/t16-/m1/s1. The fourth-order valence-corrected chi connectivity index (χ4v) is 3.25. The van der Waals surface area contributed by atoms with Gasteiger partial charge in [0.1, 0.15) is 11.4 Å². The van der Waals surface area contributed by atoms with Crippen molar-refractivity contribution in [3.05, 3.63) is 90.4 Å². The number of nitrogens with one attached hydrogen (secondary N) is 1. The minimum Gasteiger partial charge on any atom is -0.497 e. The minimum atomic E-state index is -0.208. The maximum Gasteiger partial charge on any atom is 0.270 e. The van der Waals surface area contributed by atoms with Gasteiger partial charge < -0.3 is 10.1 Å². The van der Waals surface area contributed by atoms with Crippen LogP contribution in [0.4, 0.5) is 0 Å². The Labute approximate surface area is 169 Å². The Morgan fingerprint density at radius 2 is 1.72 bits per heavy atom. The van der Waals surface area contributed by atoms with Crippen molar-refractivity contribution in [1.82, 2.24) is 15.3 Å². The Bertz CT molecular complexity index is 1140. The van der Waals surface area contributed by atoms with Gasteiger partial charge in [0.2, 0.25) is 0 Å². The van der Waals surface area contributed by atoms with Crippen LogP contribution < -0.4 is 10.1 Å². The topological polar surface area (TPSA) is 64.1 Å². The first-order chi connectivity index (χ1) is 14.2. The molecule has 1 N–H and O–H groups in total. The number of methoxy groups -OCH3 is 1. The van der Waals surface area contributed by atoms with Crippen LogP contribution in [0, 0.1) is 0 Å². The van der Waals surface area contributed by atoms with Crippen LogP contribution in [-0.2, 0) is 0 Å². The van der Waals surface area contributed by atoms with Gasteiger partial charge in [-0.05, 0) is 42.3 Å². The second-order valence-corrected chi connectivity index (χ2v) is 6.79. The summed E-state index contributed by atoms with van der Waals surface area (Å²) in [6.07, 6.45) is 3.52. The SMILES string of the molecule is COc1ccc(-c2cncc3ccc(C(=O)N[C@H](C)c4ccccc4)nc23)cc1. The first-order valence-electron chi connectivity index (χ1n) is 9.40. The van der Waals surface area contributed by atoms with Gasteiger partial charge in [-0.3, -0.25) is 9.78 Å². The average Bonchev–Trinajstić information content (AvgIpc) is 2.79. The van der Waals surface area contributed by atoms with Crippen molar-refractivity contribution in [2.24, 2.45) is 0 Å². The molecule has 0 bridgehead atoms. The van der Waals surface area contributed by atoms with E-state index in [2.05, 4.69) is 15.3 Å². The lowest BCUT2D eigenvalue weighted by molar-refractivity contribution is 0.0935. The van der Waals surface area contributed by atoms with Crippen molar-refractivity contribution >= 4 is 16.8 Å². The number of pyridine rings is 2. The maximum absolute atomic E-state index is 12.8. The second kappa shape index (κ2) is 8.10. The van der Waals surface area contributed by atoms with Gasteiger partial charge >= 0.3 is 0 Å². The van der Waals surface area contributed by atoms with Crippen LogP contribution in [0.3, 0.4) is 0 Å². The molecule has 1 amide bonds. The highest BCUT2D eigenvalue weighted by atomic mass is 16.5. The molecule has 2 heterocycles. The van der Waals surface area contributed by atoms with Gasteiger partial charge in [-0.1, -0.05) is 42.5 Å². The quantitative estimate of drug-likeness (QED) is 0.538. The lowest BCUT2D eigenvalue weighted by Crippen LogP contribution is -2.27. The molecule has 0 aliphatic carbocycles. The van der Waals surface area contributed by atoms with Gasteiger partial charge in [-0.15, -0.1) is 0 Å². The summed E-state index contributed by atoms with van der Waals surface area (Å²) in [7, 11) is 1.64. The molecule has 0 saturated carbocycles. The summed E-state index contributed by atoms with van der Waals surface area (Å²) >= 11 is 0. The Kier molecular flexibility index (Phi) is 5.20. The lowest BCUT2D eigenvalue weighted by atomic mass is 10.0. The van der Waals surface area contributed by atoms with Crippen molar-refractivity contribution in [2.45, 2.75) is 13.0 Å². The van der Waals surface area contributed by atoms with E-state index in [1.807, 2.05) is 67.6 Å². The van der Waals surface area contributed by atoms with Gasteiger partial charge in [-0.2, -0.15) is 0 Å². The molecule has 0 aliphatic heterocycles. The summed E-state index contributed by atoms with van der Waals surface area (Å²) in [6.45, 7) is 1.96. The number of ether oxygens (including phenoxy) is 1. The van der Waals surface area contributed by atoms with E-state index in [-0.39, 0.29) is 11.9 Å². The monoisotopic (exact) mass is 383 g/mol. The molecule has 0 aliphatic rings. The zero-order chi connectivity index (χ0) is 20.2. The first-order valence-corrected chi connectivity index (χ1v) is 9.40. The molecule has 2 aromatic carbocycles. The molecule has 0 spiro atoms. The molecule has 0 radical (unpaired) electrons. The molecule has 0 fully saturated rings. The molecule has 5 nitrogen and oxygen atoms in total. The molecule has 144 valence electrons. The van der Waals surface area contributed by atoms with Crippen LogP contribution in [0.5, 0.6) is 5.75 Å². The van der Waals surface area contributed by atoms with Gasteiger partial charge in [0.05, 0.1) is 18.7 Å². The molecule has 0 unspecified atom stereocenters. The van der Waals surface area contributed by atoms with E-state index in [9.17, 15) is 4.79 Å². The molecular weight excluding hydrogens is 362 g/mol. The molecule has 5 heteroatoms. The van der Waals surface area contributed by atoms with Crippen molar-refractivity contribution in [3.8, 4) is 16.9 Å². The fraction of sp³-hybridized carbons (Fsp3) is 0.125. The number of nitrogens with zero attached hydrogens (tertiary/aromatic N) is 2. The van der Waals surface area contributed by atoms with E-state index in [0.29, 0.717) is 5.69 Å². The molecule has 4 rings (SSSR count). The van der Waals surface area contributed by atoms with Crippen LogP contribution in [0.15, 0.2) is 79.1 Å². The van der Waals surface area contributed by atoms with Crippen LogP contribution in [0.25, 0.3) is 22.0 Å². The number of hydrogen-bond donors (Lipinski definition) is 1. The average molecular weight is 383 g/mol. The summed E-state index contributed by atoms with van der Waals surface area (Å²) in [4.78, 5) is 21.8. The number of rotatable bonds is 5. The van der Waals surface area contributed by atoms with E-state index in [0.717, 1.165) is 33.3 Å². The van der Waals surface area contributed by atoms with E-state index in [1.54, 1.807) is 25.6 Å². The van der Waals surface area contributed by atoms with Gasteiger partial charge in [0, 0.05) is 23.3 Å². The molecule has 4 aromatic rings. The van der Waals surface area contributed by atoms with E-state index in [1.165, 1.54) is 0 Å². The summed E-state index contributed by atoms with van der Waals surface area (Å²) in [5.74, 6) is 0.575. The van der Waals surface area contributed by atoms with Crippen LogP contribution in [-0.4, -0.2) is 23.0 Å². The third-order valence-electron chi connectivity index (χ3n) is 4.88. The highest BCUT2D eigenvalue weighted by Gasteiger charge is 2.14. The normalized spacial score (nSPS) is 11.8. The summed E-state index contributed by atoms with van der Waals surface area (Å²) in [5, 5.41) is 3.90. The van der Waals surface area contributed by atoms with Crippen molar-refractivity contribution in [1.29, 1.82) is 0 Å². The molecule has 29 heavy (non-hydrogen) atoms. The highest BCUT2D eigenvalue weighted by molar-refractivity contribution is 5.98. The number of benzene rings is 2. The number of aromatic nitrogens is 2. The van der Waals surface area contributed by atoms with E-state index < -0.39 is 0 Å². The number of amides is 1. The first kappa shape index (κ1) is 18.6. The maximum atomic E-state index is 12.8. The number of carbonyl (C=O) groups is 1. The zero-order valence-corrected chi connectivity index (χ0v) is 16.3. The van der Waals surface area contributed by atoms with E-state index >= 15 is 0 Å². The predicted octanol–water partition coefficient (Wildman–Crippen LogP) is 4.80. The van der Waals surface area contributed by atoms with Gasteiger partial charge in [0.25, 0.3) is 5.91 Å². The third kappa shape index (κ3) is 3.94. The largest absolute Gasteiger partial charge is 0.497 e. The Hall–Kier alpha value is -3.73. The smallest absolute Gasteiger partial charge is 0.270 e. The van der Waals surface area contributed by atoms with Gasteiger partial charge in [-0.25, -0.2) is 4.98 Å². The van der Waals surface area contributed by atoms with E-state index in [4.69, 9.17) is 4.74 Å². The van der Waals surface area contributed by atoms with Crippen LogP contribution in [0.1, 0.15) is 29.0 Å². The van der Waals surface area contributed by atoms with Crippen molar-refractivity contribution in [2.75, 3.05) is 7.11 Å². The molecule has 1 atom stereocenters. The Balaban J connectivity index is 1.66. The predicted molar refractivity (Wildman–Crippen MR) is 114 cm³/mol. The van der Waals surface area contributed by atoms with Crippen LogP contribution in [0.2, 0.25) is 0 Å². The van der Waals surface area contributed by atoms with Crippen LogP contribution >= 0.6 is 0 Å². The van der Waals surface area contributed by atoms with Gasteiger partial charge in [0.15, 0.2) is 0 Å². The second-order valence-electron chi connectivity index (χ2n) is 6.79.